The van der Waals surface area contributed by atoms with Crippen LogP contribution in [0.1, 0.15) is 32.3 Å². The predicted octanol–water partition coefficient (Wildman–Crippen LogP) is 5.66. The lowest BCUT2D eigenvalue weighted by Gasteiger charge is -2.32. The molecule has 0 radical (unpaired) electrons. The second-order valence-electron chi connectivity index (χ2n) is 8.90. The molecule has 0 aliphatic heterocycles. The summed E-state index contributed by atoms with van der Waals surface area (Å²) in [6, 6.07) is 16.9. The summed E-state index contributed by atoms with van der Waals surface area (Å²) < 4.78 is 42.2. The van der Waals surface area contributed by atoms with Crippen LogP contribution in [-0.2, 0) is 26.2 Å². The van der Waals surface area contributed by atoms with Crippen molar-refractivity contribution in [3.8, 4) is 0 Å². The summed E-state index contributed by atoms with van der Waals surface area (Å²) in [5, 5.41) is 2.98. The van der Waals surface area contributed by atoms with Gasteiger partial charge >= 0.3 is 0 Å². The second-order valence-corrected chi connectivity index (χ2v) is 11.6. The third-order valence-corrected chi connectivity index (χ3v) is 8.35. The molecule has 0 heterocycles. The van der Waals surface area contributed by atoms with Gasteiger partial charge in [-0.25, -0.2) is 12.8 Å². The highest BCUT2D eigenvalue weighted by atomic mass is 35.5. The SMILES string of the molecule is CCCCNC(=O)[C@@H](C)N(Cc1cccc(Cl)c1)C(=O)CN(c1ccc(F)c(Cl)c1)S(=O)(=O)c1ccccc1. The molecule has 2 amide bonds. The van der Waals surface area contributed by atoms with Gasteiger partial charge in [0, 0.05) is 18.1 Å². The summed E-state index contributed by atoms with van der Waals surface area (Å²) in [4.78, 5) is 28.0. The van der Waals surface area contributed by atoms with Crippen LogP contribution in [0.2, 0.25) is 10.0 Å². The summed E-state index contributed by atoms with van der Waals surface area (Å²) in [5.74, 6) is -1.75. The van der Waals surface area contributed by atoms with E-state index in [1.807, 2.05) is 6.92 Å². The van der Waals surface area contributed by atoms with E-state index in [0.29, 0.717) is 17.1 Å². The van der Waals surface area contributed by atoms with Gasteiger partial charge in [-0.3, -0.25) is 13.9 Å². The first kappa shape index (κ1) is 30.4. The summed E-state index contributed by atoms with van der Waals surface area (Å²) >= 11 is 12.1. The molecule has 3 aromatic rings. The quantitative estimate of drug-likeness (QED) is 0.274. The molecule has 3 rings (SSSR count). The number of rotatable bonds is 12. The number of nitrogens with zero attached hydrogens (tertiary/aromatic N) is 2. The number of sulfonamides is 1. The molecular formula is C28H30Cl2FN3O4S. The van der Waals surface area contributed by atoms with Crippen molar-refractivity contribution in [2.24, 2.45) is 0 Å². The van der Waals surface area contributed by atoms with E-state index in [1.165, 1.54) is 23.1 Å². The minimum atomic E-state index is -4.27. The van der Waals surface area contributed by atoms with Crippen molar-refractivity contribution in [1.29, 1.82) is 0 Å². The van der Waals surface area contributed by atoms with Crippen LogP contribution in [0, 0.1) is 5.82 Å². The lowest BCUT2D eigenvalue weighted by atomic mass is 10.1. The van der Waals surface area contributed by atoms with Crippen LogP contribution < -0.4 is 9.62 Å². The number of benzene rings is 3. The van der Waals surface area contributed by atoms with E-state index < -0.39 is 34.3 Å². The highest BCUT2D eigenvalue weighted by Crippen LogP contribution is 2.28. The average Bonchev–Trinajstić information content (AvgIpc) is 2.92. The lowest BCUT2D eigenvalue weighted by Crippen LogP contribution is -2.51. The Bertz CT molecular complexity index is 1410. The minimum Gasteiger partial charge on any atom is -0.354 e. The van der Waals surface area contributed by atoms with E-state index in [4.69, 9.17) is 23.2 Å². The maximum absolute atomic E-state index is 13.9. The van der Waals surface area contributed by atoms with Gasteiger partial charge in [0.15, 0.2) is 0 Å². The highest BCUT2D eigenvalue weighted by molar-refractivity contribution is 7.92. The molecular weight excluding hydrogens is 564 g/mol. The number of unbranched alkanes of at least 4 members (excludes halogenated alkanes) is 1. The first-order valence-electron chi connectivity index (χ1n) is 12.4. The van der Waals surface area contributed by atoms with Crippen molar-refractivity contribution in [2.45, 2.75) is 44.2 Å². The number of hydrogen-bond acceptors (Lipinski definition) is 4. The van der Waals surface area contributed by atoms with Crippen molar-refractivity contribution >= 4 is 50.7 Å². The molecule has 0 unspecified atom stereocenters. The molecule has 0 aromatic heterocycles. The van der Waals surface area contributed by atoms with Gasteiger partial charge in [0.05, 0.1) is 15.6 Å². The van der Waals surface area contributed by atoms with Crippen molar-refractivity contribution in [3.63, 3.8) is 0 Å². The maximum atomic E-state index is 13.9. The predicted molar refractivity (Wildman–Crippen MR) is 152 cm³/mol. The maximum Gasteiger partial charge on any atom is 0.264 e. The zero-order valence-corrected chi connectivity index (χ0v) is 23.9. The van der Waals surface area contributed by atoms with Crippen LogP contribution in [0.4, 0.5) is 10.1 Å². The largest absolute Gasteiger partial charge is 0.354 e. The molecule has 0 aliphatic carbocycles. The van der Waals surface area contributed by atoms with Crippen molar-refractivity contribution < 1.29 is 22.4 Å². The van der Waals surface area contributed by atoms with Crippen LogP contribution in [0.15, 0.2) is 77.7 Å². The second kappa shape index (κ2) is 13.8. The minimum absolute atomic E-state index is 0.00126. The third-order valence-electron chi connectivity index (χ3n) is 6.04. The molecule has 0 aliphatic rings. The normalized spacial score (nSPS) is 12.0. The van der Waals surface area contributed by atoms with Gasteiger partial charge in [0.2, 0.25) is 11.8 Å². The van der Waals surface area contributed by atoms with Gasteiger partial charge in [-0.1, -0.05) is 66.9 Å². The summed E-state index contributed by atoms with van der Waals surface area (Å²) in [7, 11) is -4.27. The fraction of sp³-hybridized carbons (Fsp3) is 0.286. The topological polar surface area (TPSA) is 86.8 Å². The van der Waals surface area contributed by atoms with Gasteiger partial charge in [-0.15, -0.1) is 0 Å². The Kier molecular flexibility index (Phi) is 10.7. The smallest absolute Gasteiger partial charge is 0.264 e. The van der Waals surface area contributed by atoms with Crippen LogP contribution in [0.25, 0.3) is 0 Å². The van der Waals surface area contributed by atoms with Crippen molar-refractivity contribution in [2.75, 3.05) is 17.4 Å². The summed E-state index contributed by atoms with van der Waals surface area (Å²) in [5.41, 5.74) is 0.660. The van der Waals surface area contributed by atoms with Gasteiger partial charge in [0.25, 0.3) is 10.0 Å². The molecule has 0 fully saturated rings. The molecule has 208 valence electrons. The monoisotopic (exact) mass is 593 g/mol. The molecule has 3 aromatic carbocycles. The lowest BCUT2D eigenvalue weighted by molar-refractivity contribution is -0.139. The zero-order chi connectivity index (χ0) is 28.6. The van der Waals surface area contributed by atoms with Gasteiger partial charge < -0.3 is 10.2 Å². The number of anilines is 1. The van der Waals surface area contributed by atoms with Crippen LogP contribution >= 0.6 is 23.2 Å². The fourth-order valence-corrected chi connectivity index (χ4v) is 5.65. The Morgan fingerprint density at radius 1 is 1.00 bits per heavy atom. The van der Waals surface area contributed by atoms with Gasteiger partial charge in [-0.05, 0) is 61.4 Å². The first-order chi connectivity index (χ1) is 18.5. The molecule has 1 N–H and O–H groups in total. The highest BCUT2D eigenvalue weighted by Gasteiger charge is 2.32. The number of carbonyl (C=O) groups excluding carboxylic acids is 2. The zero-order valence-electron chi connectivity index (χ0n) is 21.6. The Hall–Kier alpha value is -3.14. The Labute approximate surface area is 238 Å². The van der Waals surface area contributed by atoms with E-state index in [2.05, 4.69) is 5.32 Å². The van der Waals surface area contributed by atoms with Crippen molar-refractivity contribution in [3.05, 3.63) is 94.2 Å². The molecule has 11 heteroatoms. The van der Waals surface area contributed by atoms with E-state index in [1.54, 1.807) is 49.4 Å². The summed E-state index contributed by atoms with van der Waals surface area (Å²) in [6.07, 6.45) is 1.65. The van der Waals surface area contributed by atoms with Crippen LogP contribution in [0.5, 0.6) is 0 Å². The van der Waals surface area contributed by atoms with Crippen LogP contribution in [-0.4, -0.2) is 44.3 Å². The van der Waals surface area contributed by atoms with E-state index in [-0.39, 0.29) is 28.1 Å². The average molecular weight is 595 g/mol. The van der Waals surface area contributed by atoms with Crippen molar-refractivity contribution in [1.82, 2.24) is 10.2 Å². The molecule has 7 nitrogen and oxygen atoms in total. The number of hydrogen-bond donors (Lipinski definition) is 1. The standard InChI is InChI=1S/C28H30Cl2FN3O4S/c1-3-4-15-32-28(36)20(2)33(18-21-9-8-10-22(29)16-21)27(35)19-34(23-13-14-26(31)25(30)17-23)39(37,38)24-11-6-5-7-12-24/h5-14,16-17,20H,3-4,15,18-19H2,1-2H3,(H,32,36)/t20-/m1/s1. The van der Waals surface area contributed by atoms with Crippen LogP contribution in [0.3, 0.4) is 0 Å². The Morgan fingerprint density at radius 2 is 1.72 bits per heavy atom. The fourth-order valence-electron chi connectivity index (χ4n) is 3.84. The van der Waals surface area contributed by atoms with E-state index in [0.717, 1.165) is 29.3 Å². The third kappa shape index (κ3) is 7.94. The number of nitrogens with one attached hydrogen (secondary N) is 1. The molecule has 1 atom stereocenters. The Balaban J connectivity index is 2.01. The number of carbonyl (C=O) groups is 2. The molecule has 0 saturated carbocycles. The number of halogens is 3. The molecule has 0 spiro atoms. The van der Waals surface area contributed by atoms with Gasteiger partial charge in [-0.2, -0.15) is 0 Å². The van der Waals surface area contributed by atoms with E-state index >= 15 is 0 Å². The summed E-state index contributed by atoms with van der Waals surface area (Å²) in [6.45, 7) is 3.36. The molecule has 39 heavy (non-hydrogen) atoms. The van der Waals surface area contributed by atoms with Gasteiger partial charge in [0.1, 0.15) is 18.4 Å². The molecule has 0 saturated heterocycles. The first-order valence-corrected chi connectivity index (χ1v) is 14.6. The Morgan fingerprint density at radius 3 is 2.36 bits per heavy atom. The molecule has 0 bridgehead atoms. The number of amides is 2. The van der Waals surface area contributed by atoms with E-state index in [9.17, 15) is 22.4 Å².